The summed E-state index contributed by atoms with van der Waals surface area (Å²) in [6.07, 6.45) is 24.9. The molecule has 0 bridgehead atoms. The van der Waals surface area contributed by atoms with Crippen LogP contribution in [-0.4, -0.2) is 55.2 Å². The lowest BCUT2D eigenvalue weighted by Crippen LogP contribution is -2.42. The molecule has 4 nitrogen and oxygen atoms in total. The monoisotopic (exact) mass is 459 g/mol. The minimum Gasteiger partial charge on any atom is -0.377 e. The standard InChI is InChI=1S/C26H57NO3Si/c1-7-8-9-10-11-12-13-14-15-16-17-18-20-23-26(27(2)3)24-21-19-22-25-31(28-4,29-5)30-6/h26H,7-25H2,1-6H3. The summed E-state index contributed by atoms with van der Waals surface area (Å²) in [5.74, 6) is 0. The number of rotatable bonds is 24. The second kappa shape index (κ2) is 21.9. The highest BCUT2D eigenvalue weighted by Gasteiger charge is 2.36. The molecule has 0 heterocycles. The highest BCUT2D eigenvalue weighted by molar-refractivity contribution is 6.60. The number of nitrogens with zero attached hydrogens (tertiary/aromatic N) is 1. The first-order chi connectivity index (χ1) is 15.0. The summed E-state index contributed by atoms with van der Waals surface area (Å²) in [5, 5.41) is 0. The van der Waals surface area contributed by atoms with E-state index < -0.39 is 8.80 Å². The van der Waals surface area contributed by atoms with Crippen LogP contribution in [0.25, 0.3) is 0 Å². The Labute approximate surface area is 197 Å². The third-order valence-electron chi connectivity index (χ3n) is 6.82. The molecule has 0 saturated carbocycles. The molecule has 0 aromatic carbocycles. The Balaban J connectivity index is 3.64. The van der Waals surface area contributed by atoms with E-state index in [1.807, 2.05) is 0 Å². The van der Waals surface area contributed by atoms with Crippen LogP contribution in [0.2, 0.25) is 6.04 Å². The lowest BCUT2D eigenvalue weighted by molar-refractivity contribution is 0.122. The molecule has 0 aromatic rings. The molecule has 0 aliphatic rings. The summed E-state index contributed by atoms with van der Waals surface area (Å²) >= 11 is 0. The average Bonchev–Trinajstić information content (AvgIpc) is 2.78. The summed E-state index contributed by atoms with van der Waals surface area (Å²) in [6, 6.07) is 1.64. The van der Waals surface area contributed by atoms with E-state index in [-0.39, 0.29) is 0 Å². The molecule has 0 saturated heterocycles. The molecular weight excluding hydrogens is 402 g/mol. The van der Waals surface area contributed by atoms with Crippen LogP contribution in [0.4, 0.5) is 0 Å². The summed E-state index contributed by atoms with van der Waals surface area (Å²) in [7, 11) is 7.22. The summed E-state index contributed by atoms with van der Waals surface area (Å²) in [5.41, 5.74) is 0. The van der Waals surface area contributed by atoms with Crippen LogP contribution in [0.1, 0.15) is 122 Å². The molecule has 0 aliphatic heterocycles. The maximum Gasteiger partial charge on any atom is 0.500 e. The van der Waals surface area contributed by atoms with Gasteiger partial charge in [-0.3, -0.25) is 0 Å². The van der Waals surface area contributed by atoms with E-state index in [2.05, 4.69) is 25.9 Å². The molecule has 0 rings (SSSR count). The molecule has 0 N–H and O–H groups in total. The fourth-order valence-electron chi connectivity index (χ4n) is 4.51. The average molecular weight is 460 g/mol. The predicted octanol–water partition coefficient (Wildman–Crippen LogP) is 7.84. The van der Waals surface area contributed by atoms with Gasteiger partial charge in [-0.2, -0.15) is 0 Å². The van der Waals surface area contributed by atoms with Crippen molar-refractivity contribution in [2.45, 2.75) is 135 Å². The quantitative estimate of drug-likeness (QED) is 0.109. The van der Waals surface area contributed by atoms with Gasteiger partial charge in [0.25, 0.3) is 0 Å². The van der Waals surface area contributed by atoms with E-state index in [9.17, 15) is 0 Å². The highest BCUT2D eigenvalue weighted by Crippen LogP contribution is 2.20. The maximum absolute atomic E-state index is 5.52. The van der Waals surface area contributed by atoms with Crippen LogP contribution in [-0.2, 0) is 13.3 Å². The number of unbranched alkanes of at least 4 members (excludes halogenated alkanes) is 14. The Kier molecular flexibility index (Phi) is 21.9. The third kappa shape index (κ3) is 17.2. The zero-order valence-corrected chi connectivity index (χ0v) is 23.2. The summed E-state index contributed by atoms with van der Waals surface area (Å²) < 4.78 is 16.6. The van der Waals surface area contributed by atoms with Crippen molar-refractivity contribution in [1.82, 2.24) is 4.90 Å². The van der Waals surface area contributed by atoms with E-state index in [4.69, 9.17) is 13.3 Å². The van der Waals surface area contributed by atoms with Crippen LogP contribution >= 0.6 is 0 Å². The Morgan fingerprint density at radius 3 is 1.26 bits per heavy atom. The van der Waals surface area contributed by atoms with Gasteiger partial charge in [-0.15, -0.1) is 0 Å². The fraction of sp³-hybridized carbons (Fsp3) is 1.00. The maximum atomic E-state index is 5.52. The SMILES string of the molecule is CCCCCCCCCCCCCCCC(CCCCC[Si](OC)(OC)OC)N(C)C. The number of hydrogen-bond donors (Lipinski definition) is 0. The fourth-order valence-corrected chi connectivity index (χ4v) is 6.31. The summed E-state index contributed by atoms with van der Waals surface area (Å²) in [4.78, 5) is 2.43. The topological polar surface area (TPSA) is 30.9 Å². The van der Waals surface area contributed by atoms with Crippen LogP contribution in [0.15, 0.2) is 0 Å². The number of hydrogen-bond acceptors (Lipinski definition) is 4. The first-order valence-corrected chi connectivity index (χ1v) is 15.3. The predicted molar refractivity (Wildman–Crippen MR) is 138 cm³/mol. The third-order valence-corrected chi connectivity index (χ3v) is 9.66. The van der Waals surface area contributed by atoms with Crippen LogP contribution < -0.4 is 0 Å². The van der Waals surface area contributed by atoms with Crippen molar-refractivity contribution < 1.29 is 13.3 Å². The van der Waals surface area contributed by atoms with Gasteiger partial charge in [-0.25, -0.2) is 0 Å². The lowest BCUT2D eigenvalue weighted by Gasteiger charge is -2.25. The molecular formula is C26H57NO3Si. The van der Waals surface area contributed by atoms with E-state index >= 15 is 0 Å². The van der Waals surface area contributed by atoms with Gasteiger partial charge >= 0.3 is 8.80 Å². The zero-order valence-electron chi connectivity index (χ0n) is 22.2. The molecule has 0 aliphatic carbocycles. The van der Waals surface area contributed by atoms with Crippen molar-refractivity contribution in [3.63, 3.8) is 0 Å². The molecule has 1 unspecified atom stereocenters. The minimum absolute atomic E-state index is 0.724. The Morgan fingerprint density at radius 2 is 0.903 bits per heavy atom. The van der Waals surface area contributed by atoms with Crippen molar-refractivity contribution >= 4 is 8.80 Å². The molecule has 0 aromatic heterocycles. The van der Waals surface area contributed by atoms with Gasteiger partial charge in [0.2, 0.25) is 0 Å². The van der Waals surface area contributed by atoms with Gasteiger partial charge in [-0.1, -0.05) is 103 Å². The van der Waals surface area contributed by atoms with Gasteiger partial charge in [0.1, 0.15) is 0 Å². The van der Waals surface area contributed by atoms with Crippen LogP contribution in [0.5, 0.6) is 0 Å². The first-order valence-electron chi connectivity index (χ1n) is 13.4. The molecule has 31 heavy (non-hydrogen) atoms. The van der Waals surface area contributed by atoms with Crippen LogP contribution in [0.3, 0.4) is 0 Å². The minimum atomic E-state index is -2.38. The Bertz CT molecular complexity index is 356. The molecule has 0 fully saturated rings. The highest BCUT2D eigenvalue weighted by atomic mass is 28.4. The van der Waals surface area contributed by atoms with Crippen LogP contribution in [0, 0.1) is 0 Å². The van der Waals surface area contributed by atoms with Crippen molar-refractivity contribution in [1.29, 1.82) is 0 Å². The Morgan fingerprint density at radius 1 is 0.548 bits per heavy atom. The second-order valence-corrected chi connectivity index (χ2v) is 12.6. The van der Waals surface area contributed by atoms with Crippen molar-refractivity contribution in [2.24, 2.45) is 0 Å². The molecule has 5 heteroatoms. The molecule has 0 radical (unpaired) electrons. The normalized spacial score (nSPS) is 13.3. The zero-order chi connectivity index (χ0) is 23.2. The molecule has 0 spiro atoms. The van der Waals surface area contributed by atoms with Gasteiger partial charge in [0.15, 0.2) is 0 Å². The van der Waals surface area contributed by atoms with Crippen molar-refractivity contribution in [3.8, 4) is 0 Å². The molecule has 0 amide bonds. The van der Waals surface area contributed by atoms with Crippen molar-refractivity contribution in [2.75, 3.05) is 35.4 Å². The molecule has 188 valence electrons. The van der Waals surface area contributed by atoms with Crippen molar-refractivity contribution in [3.05, 3.63) is 0 Å². The molecule has 1 atom stereocenters. The van der Waals surface area contributed by atoms with Gasteiger partial charge in [0, 0.05) is 33.4 Å². The first kappa shape index (κ1) is 31.1. The van der Waals surface area contributed by atoms with E-state index in [0.29, 0.717) is 0 Å². The smallest absolute Gasteiger partial charge is 0.377 e. The lowest BCUT2D eigenvalue weighted by atomic mass is 10.00. The van der Waals surface area contributed by atoms with E-state index in [1.165, 1.54) is 109 Å². The largest absolute Gasteiger partial charge is 0.500 e. The van der Waals surface area contributed by atoms with E-state index in [0.717, 1.165) is 18.5 Å². The summed E-state index contributed by atoms with van der Waals surface area (Å²) in [6.45, 7) is 2.29. The second-order valence-electron chi connectivity index (χ2n) is 9.54. The Hall–Kier alpha value is 0.0569. The van der Waals surface area contributed by atoms with Gasteiger partial charge < -0.3 is 18.2 Å². The van der Waals surface area contributed by atoms with Gasteiger partial charge in [-0.05, 0) is 33.4 Å². The van der Waals surface area contributed by atoms with Gasteiger partial charge in [0.05, 0.1) is 0 Å². The van der Waals surface area contributed by atoms with E-state index in [1.54, 1.807) is 21.3 Å².